The minimum atomic E-state index is -0.978. The number of thioether (sulfide) groups is 1. The molecule has 0 saturated heterocycles. The van der Waals surface area contributed by atoms with Crippen LogP contribution in [0.25, 0.3) is 0 Å². The third-order valence-electron chi connectivity index (χ3n) is 3.22. The van der Waals surface area contributed by atoms with Crippen molar-refractivity contribution in [2.75, 3.05) is 5.75 Å². The fraction of sp³-hybridized carbons (Fsp3) is 0.429. The zero-order valence-electron chi connectivity index (χ0n) is 10.8. The van der Waals surface area contributed by atoms with Crippen LogP contribution in [0.2, 0.25) is 0 Å². The van der Waals surface area contributed by atoms with Gasteiger partial charge in [-0.15, -0.1) is 0 Å². The first kappa shape index (κ1) is 13.9. The summed E-state index contributed by atoms with van der Waals surface area (Å²) in [5, 5.41) is 11.9. The number of hydrogen-bond acceptors (Lipinski definition) is 3. The molecule has 1 aliphatic rings. The number of carboxylic acids is 1. The molecule has 1 aromatic rings. The van der Waals surface area contributed by atoms with E-state index in [1.165, 1.54) is 18.1 Å². The second-order valence-corrected chi connectivity index (χ2v) is 5.89. The van der Waals surface area contributed by atoms with Crippen LogP contribution in [-0.4, -0.2) is 28.8 Å². The highest BCUT2D eigenvalue weighted by Gasteiger charge is 2.25. The van der Waals surface area contributed by atoms with E-state index < -0.39 is 12.0 Å². The van der Waals surface area contributed by atoms with Gasteiger partial charge in [0.15, 0.2) is 0 Å². The third-order valence-corrected chi connectivity index (χ3v) is 4.64. The number of fused-ring (bicyclic) bond motifs is 1. The maximum absolute atomic E-state index is 11.1. The molecule has 2 rings (SSSR count). The van der Waals surface area contributed by atoms with Crippen LogP contribution in [0.4, 0.5) is 0 Å². The highest BCUT2D eigenvalue weighted by molar-refractivity contribution is 7.99. The Kier molecular flexibility index (Phi) is 4.47. The van der Waals surface area contributed by atoms with E-state index in [-0.39, 0.29) is 5.91 Å². The lowest BCUT2D eigenvalue weighted by Gasteiger charge is -2.16. The molecule has 0 fully saturated rings. The number of hydrogen-bond donors (Lipinski definition) is 2. The fourth-order valence-corrected chi connectivity index (χ4v) is 3.67. The monoisotopic (exact) mass is 279 g/mol. The molecule has 0 saturated carbocycles. The van der Waals surface area contributed by atoms with Crippen molar-refractivity contribution in [2.24, 2.45) is 0 Å². The van der Waals surface area contributed by atoms with Crippen molar-refractivity contribution < 1.29 is 14.7 Å². The molecule has 0 heterocycles. The van der Waals surface area contributed by atoms with Crippen molar-refractivity contribution in [3.8, 4) is 0 Å². The summed E-state index contributed by atoms with van der Waals surface area (Å²) in [6.45, 7) is 1.34. The summed E-state index contributed by atoms with van der Waals surface area (Å²) >= 11 is 1.61. The van der Waals surface area contributed by atoms with Crippen molar-refractivity contribution in [2.45, 2.75) is 31.1 Å². The van der Waals surface area contributed by atoms with Crippen LogP contribution < -0.4 is 5.32 Å². The standard InChI is InChI=1S/C14H17NO3S/c1-9(16)15-12(14(17)18)8-19-13-7-6-10-4-2-3-5-11(10)13/h2-5,12-13H,6-8H2,1H3,(H,15,16)(H,17,18). The van der Waals surface area contributed by atoms with Crippen molar-refractivity contribution in [3.05, 3.63) is 35.4 Å². The Labute approximate surface area is 116 Å². The molecule has 0 bridgehead atoms. The number of benzene rings is 1. The first-order valence-electron chi connectivity index (χ1n) is 6.27. The smallest absolute Gasteiger partial charge is 0.327 e. The Morgan fingerprint density at radius 1 is 1.47 bits per heavy atom. The van der Waals surface area contributed by atoms with Gasteiger partial charge in [0.1, 0.15) is 6.04 Å². The van der Waals surface area contributed by atoms with E-state index in [9.17, 15) is 9.59 Å². The summed E-state index contributed by atoms with van der Waals surface area (Å²) < 4.78 is 0. The number of carboxylic acid groups (broad SMARTS) is 1. The highest BCUT2D eigenvalue weighted by Crippen LogP contribution is 2.41. The Balaban J connectivity index is 1.95. The van der Waals surface area contributed by atoms with Gasteiger partial charge in [-0.3, -0.25) is 4.79 Å². The molecular formula is C14H17NO3S. The van der Waals surface area contributed by atoms with Gasteiger partial charge in [-0.1, -0.05) is 24.3 Å². The largest absolute Gasteiger partial charge is 0.480 e. The van der Waals surface area contributed by atoms with Gasteiger partial charge in [0.05, 0.1) is 0 Å². The number of rotatable bonds is 5. The molecule has 0 radical (unpaired) electrons. The van der Waals surface area contributed by atoms with Gasteiger partial charge in [-0.25, -0.2) is 4.79 Å². The molecule has 2 atom stereocenters. The molecule has 5 heteroatoms. The Morgan fingerprint density at radius 2 is 2.21 bits per heavy atom. The van der Waals surface area contributed by atoms with Crippen LogP contribution in [0.3, 0.4) is 0 Å². The van der Waals surface area contributed by atoms with Crippen LogP contribution >= 0.6 is 11.8 Å². The van der Waals surface area contributed by atoms with Gasteiger partial charge >= 0.3 is 5.97 Å². The van der Waals surface area contributed by atoms with E-state index in [2.05, 4.69) is 17.4 Å². The average Bonchev–Trinajstić information content (AvgIpc) is 2.77. The van der Waals surface area contributed by atoms with Crippen molar-refractivity contribution in [1.29, 1.82) is 0 Å². The number of carbonyl (C=O) groups is 2. The molecule has 0 aliphatic heterocycles. The lowest BCUT2D eigenvalue weighted by Crippen LogP contribution is -2.41. The van der Waals surface area contributed by atoms with E-state index in [4.69, 9.17) is 5.11 Å². The summed E-state index contributed by atoms with van der Waals surface area (Å²) in [7, 11) is 0. The molecule has 2 unspecified atom stereocenters. The van der Waals surface area contributed by atoms with Gasteiger partial charge in [0, 0.05) is 17.9 Å². The van der Waals surface area contributed by atoms with Crippen LogP contribution in [0, 0.1) is 0 Å². The van der Waals surface area contributed by atoms with Crippen molar-refractivity contribution in [1.82, 2.24) is 5.32 Å². The summed E-state index contributed by atoms with van der Waals surface area (Å²) in [5.41, 5.74) is 2.66. The topological polar surface area (TPSA) is 66.4 Å². The SMILES string of the molecule is CC(=O)NC(CSC1CCc2ccccc21)C(=O)O. The van der Waals surface area contributed by atoms with Crippen LogP contribution in [-0.2, 0) is 16.0 Å². The van der Waals surface area contributed by atoms with Gasteiger partial charge in [-0.2, -0.15) is 11.8 Å². The molecule has 1 amide bonds. The molecule has 4 nitrogen and oxygen atoms in total. The third kappa shape index (κ3) is 3.50. The molecule has 1 aliphatic carbocycles. The molecule has 1 aromatic carbocycles. The zero-order valence-corrected chi connectivity index (χ0v) is 11.6. The van der Waals surface area contributed by atoms with Crippen LogP contribution in [0.15, 0.2) is 24.3 Å². The van der Waals surface area contributed by atoms with Crippen molar-refractivity contribution in [3.63, 3.8) is 0 Å². The Bertz CT molecular complexity index is 489. The van der Waals surface area contributed by atoms with Crippen LogP contribution in [0.5, 0.6) is 0 Å². The normalized spacial score (nSPS) is 18.7. The summed E-state index contributed by atoms with van der Waals surface area (Å²) in [5.74, 6) is -0.887. The minimum absolute atomic E-state index is 0.306. The highest BCUT2D eigenvalue weighted by atomic mass is 32.2. The molecule has 0 spiro atoms. The molecule has 2 N–H and O–H groups in total. The quantitative estimate of drug-likeness (QED) is 0.865. The summed E-state index contributed by atoms with van der Waals surface area (Å²) in [6.07, 6.45) is 2.09. The number of amides is 1. The van der Waals surface area contributed by atoms with Gasteiger partial charge in [0.25, 0.3) is 0 Å². The zero-order chi connectivity index (χ0) is 13.8. The van der Waals surface area contributed by atoms with Crippen LogP contribution in [0.1, 0.15) is 29.7 Å². The summed E-state index contributed by atoms with van der Waals surface area (Å²) in [4.78, 5) is 22.0. The van der Waals surface area contributed by atoms with E-state index in [0.717, 1.165) is 12.8 Å². The Hall–Kier alpha value is -1.49. The molecule has 102 valence electrons. The van der Waals surface area contributed by atoms with Crippen molar-refractivity contribution >= 4 is 23.6 Å². The number of carbonyl (C=O) groups excluding carboxylic acids is 1. The maximum atomic E-state index is 11.1. The Morgan fingerprint density at radius 3 is 2.89 bits per heavy atom. The number of nitrogens with one attached hydrogen (secondary N) is 1. The minimum Gasteiger partial charge on any atom is -0.480 e. The van der Waals surface area contributed by atoms with Gasteiger partial charge in [0.2, 0.25) is 5.91 Å². The second kappa shape index (κ2) is 6.10. The second-order valence-electron chi connectivity index (χ2n) is 4.65. The van der Waals surface area contributed by atoms with Gasteiger partial charge in [-0.05, 0) is 24.0 Å². The molecule has 19 heavy (non-hydrogen) atoms. The maximum Gasteiger partial charge on any atom is 0.327 e. The predicted octanol–water partition coefficient (Wildman–Crippen LogP) is 2.00. The van der Waals surface area contributed by atoms with Gasteiger partial charge < -0.3 is 10.4 Å². The van der Waals surface area contributed by atoms with E-state index in [1.54, 1.807) is 11.8 Å². The lowest BCUT2D eigenvalue weighted by atomic mass is 10.1. The lowest BCUT2D eigenvalue weighted by molar-refractivity contribution is -0.140. The van der Waals surface area contributed by atoms with E-state index >= 15 is 0 Å². The fourth-order valence-electron chi connectivity index (χ4n) is 2.32. The molecular weight excluding hydrogens is 262 g/mol. The first-order chi connectivity index (χ1) is 9.08. The van der Waals surface area contributed by atoms with E-state index in [1.807, 2.05) is 12.1 Å². The molecule has 0 aromatic heterocycles. The summed E-state index contributed by atoms with van der Waals surface area (Å²) in [6, 6.07) is 7.46. The van der Waals surface area contributed by atoms with E-state index in [0.29, 0.717) is 11.0 Å². The first-order valence-corrected chi connectivity index (χ1v) is 7.32. The number of aliphatic carboxylic acids is 1. The predicted molar refractivity (Wildman–Crippen MR) is 75.2 cm³/mol. The number of aryl methyl sites for hydroxylation is 1. The average molecular weight is 279 g/mol.